The Bertz CT molecular complexity index is 322. The van der Waals surface area contributed by atoms with Crippen LogP contribution < -0.4 is 11.1 Å². The lowest BCUT2D eigenvalue weighted by atomic mass is 9.82. The summed E-state index contributed by atoms with van der Waals surface area (Å²) in [7, 11) is 0. The van der Waals surface area contributed by atoms with Crippen LogP contribution in [0.25, 0.3) is 0 Å². The van der Waals surface area contributed by atoms with Crippen molar-refractivity contribution in [2.24, 2.45) is 11.7 Å². The van der Waals surface area contributed by atoms with E-state index in [2.05, 4.69) is 5.32 Å². The molecule has 1 rings (SSSR count). The predicted molar refractivity (Wildman–Crippen MR) is 73.7 cm³/mol. The van der Waals surface area contributed by atoms with Gasteiger partial charge in [-0.05, 0) is 52.4 Å². The molecular weight excluding hydrogens is 266 g/mol. The van der Waals surface area contributed by atoms with Gasteiger partial charge in [-0.1, -0.05) is 0 Å². The van der Waals surface area contributed by atoms with Crippen LogP contribution in [-0.4, -0.2) is 30.2 Å². The molecule has 1 saturated carbocycles. The first kappa shape index (κ1) is 17.1. The molecule has 0 aliphatic heterocycles. The minimum Gasteiger partial charge on any atom is -0.444 e. The molecule has 0 unspecified atom stereocenters. The molecule has 0 aromatic carbocycles. The van der Waals surface area contributed by atoms with Crippen molar-refractivity contribution in [1.82, 2.24) is 5.32 Å². The highest BCUT2D eigenvalue weighted by Gasteiger charge is 2.33. The number of carbonyl (C=O) groups excluding carboxylic acids is 1. The Hall–Kier alpha value is -0.910. The zero-order valence-electron chi connectivity index (χ0n) is 12.5. The summed E-state index contributed by atoms with van der Waals surface area (Å²) in [5, 5.41) is 2.80. The number of alkyl halides is 2. The van der Waals surface area contributed by atoms with Gasteiger partial charge in [0, 0.05) is 12.5 Å². The summed E-state index contributed by atoms with van der Waals surface area (Å²) in [4.78, 5) is 11.6. The van der Waals surface area contributed by atoms with Crippen molar-refractivity contribution in [3.8, 4) is 0 Å². The van der Waals surface area contributed by atoms with Crippen LogP contribution >= 0.6 is 0 Å². The molecule has 0 bridgehead atoms. The number of halogens is 2. The van der Waals surface area contributed by atoms with E-state index in [-0.39, 0.29) is 18.4 Å². The summed E-state index contributed by atoms with van der Waals surface area (Å²) in [6, 6.07) is 0.0209. The van der Waals surface area contributed by atoms with Crippen molar-refractivity contribution in [1.29, 1.82) is 0 Å². The van der Waals surface area contributed by atoms with Crippen molar-refractivity contribution in [3.05, 3.63) is 0 Å². The van der Waals surface area contributed by atoms with Crippen LogP contribution in [0.15, 0.2) is 0 Å². The van der Waals surface area contributed by atoms with Crippen molar-refractivity contribution in [2.75, 3.05) is 6.54 Å². The van der Waals surface area contributed by atoms with E-state index < -0.39 is 24.2 Å². The maximum Gasteiger partial charge on any atom is 0.407 e. The fraction of sp³-hybridized carbons (Fsp3) is 0.929. The highest BCUT2D eigenvalue weighted by Crippen LogP contribution is 2.33. The molecular formula is C14H26F2N2O2. The van der Waals surface area contributed by atoms with Gasteiger partial charge in [0.2, 0.25) is 0 Å². The van der Waals surface area contributed by atoms with Gasteiger partial charge in [0.1, 0.15) is 5.60 Å². The maximum atomic E-state index is 13.2. The van der Waals surface area contributed by atoms with Gasteiger partial charge in [-0.3, -0.25) is 0 Å². The fourth-order valence-electron chi connectivity index (χ4n) is 2.49. The number of alkyl carbamates (subject to hydrolysis) is 1. The van der Waals surface area contributed by atoms with E-state index in [9.17, 15) is 13.6 Å². The average molecular weight is 292 g/mol. The van der Waals surface area contributed by atoms with Gasteiger partial charge in [0.05, 0.1) is 6.54 Å². The average Bonchev–Trinajstić information content (AvgIpc) is 2.29. The summed E-state index contributed by atoms with van der Waals surface area (Å²) >= 11 is 0. The summed E-state index contributed by atoms with van der Waals surface area (Å²) in [6.07, 6.45) is 2.22. The van der Waals surface area contributed by atoms with E-state index in [0.717, 1.165) is 0 Å². The number of hydrogen-bond acceptors (Lipinski definition) is 3. The van der Waals surface area contributed by atoms with E-state index in [0.29, 0.717) is 25.7 Å². The molecule has 118 valence electrons. The van der Waals surface area contributed by atoms with Gasteiger partial charge in [0.15, 0.2) is 0 Å². The predicted octanol–water partition coefficient (Wildman–Crippen LogP) is 3.05. The van der Waals surface area contributed by atoms with Gasteiger partial charge in [0.25, 0.3) is 5.92 Å². The minimum absolute atomic E-state index is 0.00904. The molecule has 0 saturated heterocycles. The van der Waals surface area contributed by atoms with Crippen LogP contribution in [0.3, 0.4) is 0 Å². The van der Waals surface area contributed by atoms with Crippen LogP contribution in [0, 0.1) is 5.92 Å². The third kappa shape index (κ3) is 6.50. The van der Waals surface area contributed by atoms with Crippen molar-refractivity contribution < 1.29 is 18.3 Å². The Morgan fingerprint density at radius 1 is 1.25 bits per heavy atom. The molecule has 1 aliphatic rings. The van der Waals surface area contributed by atoms with Crippen LogP contribution in [-0.2, 0) is 4.74 Å². The number of ether oxygens (including phenoxy) is 1. The first-order chi connectivity index (χ1) is 9.11. The monoisotopic (exact) mass is 292 g/mol. The lowest BCUT2D eigenvalue weighted by Crippen LogP contribution is -2.41. The number of rotatable bonds is 4. The van der Waals surface area contributed by atoms with Gasteiger partial charge >= 0.3 is 6.09 Å². The second-order valence-electron chi connectivity index (χ2n) is 6.63. The van der Waals surface area contributed by atoms with Crippen molar-refractivity contribution in [2.45, 2.75) is 70.4 Å². The third-order valence-corrected chi connectivity index (χ3v) is 3.45. The molecule has 6 heteroatoms. The molecule has 20 heavy (non-hydrogen) atoms. The Morgan fingerprint density at radius 3 is 2.25 bits per heavy atom. The van der Waals surface area contributed by atoms with Crippen molar-refractivity contribution >= 4 is 6.09 Å². The van der Waals surface area contributed by atoms with Crippen molar-refractivity contribution in [3.63, 3.8) is 0 Å². The van der Waals surface area contributed by atoms with Crippen LogP contribution in [0.1, 0.15) is 52.9 Å². The maximum absolute atomic E-state index is 13.2. The lowest BCUT2D eigenvalue weighted by molar-refractivity contribution is -0.0198. The number of amides is 1. The molecule has 0 atom stereocenters. The zero-order chi connectivity index (χ0) is 15.4. The number of hydrogen-bond donors (Lipinski definition) is 2. The lowest BCUT2D eigenvalue weighted by Gasteiger charge is -2.31. The largest absolute Gasteiger partial charge is 0.444 e. The molecule has 0 aromatic heterocycles. The molecule has 0 heterocycles. The van der Waals surface area contributed by atoms with E-state index in [1.54, 1.807) is 20.8 Å². The number of nitrogens with two attached hydrogens (primary N) is 1. The molecule has 1 fully saturated rings. The first-order valence-corrected chi connectivity index (χ1v) is 7.19. The molecule has 3 N–H and O–H groups in total. The fourth-order valence-corrected chi connectivity index (χ4v) is 2.49. The van der Waals surface area contributed by atoms with Crippen LogP contribution in [0.4, 0.5) is 13.6 Å². The number of carbonyl (C=O) groups is 1. The molecule has 4 nitrogen and oxygen atoms in total. The smallest absolute Gasteiger partial charge is 0.407 e. The topological polar surface area (TPSA) is 64.3 Å². The first-order valence-electron chi connectivity index (χ1n) is 7.19. The Kier molecular flexibility index (Phi) is 5.74. The second-order valence-corrected chi connectivity index (χ2v) is 6.63. The Balaban J connectivity index is 2.30. The SMILES string of the molecule is CC(C)(C)OC(=O)NC1CCC(CC(F)(F)CN)CC1. The highest BCUT2D eigenvalue weighted by atomic mass is 19.3. The van der Waals surface area contributed by atoms with Crippen LogP contribution in [0.5, 0.6) is 0 Å². The quantitative estimate of drug-likeness (QED) is 0.837. The summed E-state index contributed by atoms with van der Waals surface area (Å²) in [6.45, 7) is 4.82. The van der Waals surface area contributed by atoms with Gasteiger partial charge in [-0.25, -0.2) is 13.6 Å². The third-order valence-electron chi connectivity index (χ3n) is 3.45. The summed E-state index contributed by atoms with van der Waals surface area (Å²) < 4.78 is 31.6. The van der Waals surface area contributed by atoms with Gasteiger partial charge in [-0.15, -0.1) is 0 Å². The molecule has 1 amide bonds. The standard InChI is InChI=1S/C14H26F2N2O2/c1-13(2,3)20-12(19)18-11-6-4-10(5-7-11)8-14(15,16)9-17/h10-11H,4-9,17H2,1-3H3,(H,18,19). The molecule has 0 aromatic rings. The Labute approximate surface area is 119 Å². The normalized spacial score (nSPS) is 24.3. The van der Waals surface area contributed by atoms with Gasteiger partial charge in [-0.2, -0.15) is 0 Å². The van der Waals surface area contributed by atoms with Gasteiger partial charge < -0.3 is 15.8 Å². The van der Waals surface area contributed by atoms with E-state index in [4.69, 9.17) is 10.5 Å². The van der Waals surface area contributed by atoms with E-state index in [1.165, 1.54) is 0 Å². The molecule has 1 aliphatic carbocycles. The Morgan fingerprint density at radius 2 is 1.80 bits per heavy atom. The van der Waals surface area contributed by atoms with E-state index in [1.807, 2.05) is 0 Å². The minimum atomic E-state index is -2.77. The number of nitrogens with one attached hydrogen (secondary N) is 1. The summed E-state index contributed by atoms with van der Waals surface area (Å²) in [5.74, 6) is -2.78. The second kappa shape index (κ2) is 6.70. The molecule has 0 spiro atoms. The van der Waals surface area contributed by atoms with E-state index >= 15 is 0 Å². The zero-order valence-corrected chi connectivity index (χ0v) is 12.5. The molecule has 0 radical (unpaired) electrons. The summed E-state index contributed by atoms with van der Waals surface area (Å²) in [5.41, 5.74) is 4.53. The highest BCUT2D eigenvalue weighted by molar-refractivity contribution is 5.68. The van der Waals surface area contributed by atoms with Crippen LogP contribution in [0.2, 0.25) is 0 Å².